The third-order valence-corrected chi connectivity index (χ3v) is 7.82. The third-order valence-electron chi connectivity index (χ3n) is 6.03. The molecule has 2 aromatic carbocycles. The molecule has 2 aliphatic rings. The number of para-hydroxylation sites is 1. The quantitative estimate of drug-likeness (QED) is 0.713. The number of fused-ring (bicyclic) bond motifs is 3. The van der Waals surface area contributed by atoms with Crippen molar-refractivity contribution in [3.63, 3.8) is 0 Å². The highest BCUT2D eigenvalue weighted by molar-refractivity contribution is 7.93. The Bertz CT molecular complexity index is 1380. The Morgan fingerprint density at radius 1 is 0.875 bits per heavy atom. The van der Waals surface area contributed by atoms with E-state index >= 15 is 0 Å². The second kappa shape index (κ2) is 7.22. The second-order valence-electron chi connectivity index (χ2n) is 7.38. The molecule has 0 saturated heterocycles. The molecule has 0 saturated carbocycles. The van der Waals surface area contributed by atoms with Crippen LogP contribution in [0.15, 0.2) is 65.6 Å². The molecule has 0 spiro atoms. The highest BCUT2D eigenvalue weighted by Crippen LogP contribution is 2.59. The number of anilines is 1. The van der Waals surface area contributed by atoms with Gasteiger partial charge in [-0.3, -0.25) is 4.31 Å². The maximum Gasteiger partial charge on any atom is 0.264 e. The number of rotatable bonds is 3. The maximum atomic E-state index is 13.8. The van der Waals surface area contributed by atoms with Crippen LogP contribution in [-0.4, -0.2) is 27.7 Å². The minimum absolute atomic E-state index is 0.0470. The predicted molar refractivity (Wildman–Crippen MR) is 112 cm³/mol. The summed E-state index contributed by atoms with van der Waals surface area (Å²) in [4.78, 5) is -0.0470. The molecule has 0 fully saturated rings. The lowest BCUT2D eigenvalue weighted by molar-refractivity contribution is 0.0355. The fourth-order valence-electron chi connectivity index (χ4n) is 4.51. The standard InChI is InChI=1S/C23H15N5O3S/c1-31-20-11-18-17-9-5-6-10-19(17)28(32(29,30)16-7-3-2-4-8-16)21(18)23(14-26,15-27)22(20,12-24)13-25/h2-11,20-21H,1H3/t20-,21-/m1/s1. The zero-order valence-corrected chi connectivity index (χ0v) is 17.6. The fraction of sp³-hybridized carbons (Fsp3) is 0.217. The lowest BCUT2D eigenvalue weighted by Crippen LogP contribution is -2.61. The van der Waals surface area contributed by atoms with Crippen LogP contribution in [-0.2, 0) is 14.8 Å². The first kappa shape index (κ1) is 21.1. The summed E-state index contributed by atoms with van der Waals surface area (Å²) in [6, 6.07) is 20.1. The van der Waals surface area contributed by atoms with Crippen LogP contribution in [0.1, 0.15) is 5.56 Å². The summed E-state index contributed by atoms with van der Waals surface area (Å²) < 4.78 is 34.0. The maximum absolute atomic E-state index is 13.8. The van der Waals surface area contributed by atoms with Crippen LogP contribution in [0.25, 0.3) is 5.57 Å². The SMILES string of the molecule is CO[C@@H]1C=C2c3ccccc3N(S(=O)(=O)c3ccccc3)[C@H]2C(C#N)(C#N)C1(C#N)C#N. The first-order valence-corrected chi connectivity index (χ1v) is 10.9. The molecule has 2 atom stereocenters. The molecule has 0 aromatic heterocycles. The third kappa shape index (κ3) is 2.38. The predicted octanol–water partition coefficient (Wildman–Crippen LogP) is 2.74. The van der Waals surface area contributed by atoms with Crippen molar-refractivity contribution in [2.75, 3.05) is 11.4 Å². The van der Waals surface area contributed by atoms with E-state index in [4.69, 9.17) is 4.74 Å². The van der Waals surface area contributed by atoms with Gasteiger partial charge in [-0.05, 0) is 29.8 Å². The van der Waals surface area contributed by atoms with Crippen LogP contribution in [0.4, 0.5) is 5.69 Å². The van der Waals surface area contributed by atoms with Gasteiger partial charge < -0.3 is 4.74 Å². The zero-order valence-electron chi connectivity index (χ0n) is 16.8. The van der Waals surface area contributed by atoms with Gasteiger partial charge in [-0.15, -0.1) is 0 Å². The summed E-state index contributed by atoms with van der Waals surface area (Å²) >= 11 is 0. The van der Waals surface area contributed by atoms with Gasteiger partial charge in [0.05, 0.1) is 34.9 Å². The Morgan fingerprint density at radius 3 is 2.00 bits per heavy atom. The average molecular weight is 441 g/mol. The zero-order chi connectivity index (χ0) is 23.1. The smallest absolute Gasteiger partial charge is 0.264 e. The van der Waals surface area contributed by atoms with Crippen molar-refractivity contribution in [1.29, 1.82) is 21.0 Å². The molecule has 0 N–H and O–H groups in total. The molecule has 0 unspecified atom stereocenters. The number of methoxy groups -OCH3 is 1. The van der Waals surface area contributed by atoms with E-state index in [1.165, 1.54) is 25.3 Å². The number of benzene rings is 2. The van der Waals surface area contributed by atoms with Gasteiger partial charge in [-0.2, -0.15) is 21.0 Å². The number of ether oxygens (including phenoxy) is 1. The number of hydrogen-bond donors (Lipinski definition) is 0. The van der Waals surface area contributed by atoms with Crippen molar-refractivity contribution in [2.24, 2.45) is 10.8 Å². The molecule has 9 heteroatoms. The molecule has 0 bridgehead atoms. The van der Waals surface area contributed by atoms with Crippen LogP contribution in [0.2, 0.25) is 0 Å². The van der Waals surface area contributed by atoms with E-state index in [-0.39, 0.29) is 10.6 Å². The molecular weight excluding hydrogens is 426 g/mol. The minimum atomic E-state index is -4.27. The van der Waals surface area contributed by atoms with E-state index in [2.05, 4.69) is 0 Å². The van der Waals surface area contributed by atoms with Gasteiger partial charge in [0.15, 0.2) is 0 Å². The molecule has 4 rings (SSSR count). The van der Waals surface area contributed by atoms with Crippen molar-refractivity contribution in [3.05, 3.63) is 66.2 Å². The molecule has 32 heavy (non-hydrogen) atoms. The van der Waals surface area contributed by atoms with Gasteiger partial charge in [-0.1, -0.05) is 36.4 Å². The molecule has 1 aliphatic heterocycles. The lowest BCUT2D eigenvalue weighted by Gasteiger charge is -2.45. The largest absolute Gasteiger partial charge is 0.374 e. The van der Waals surface area contributed by atoms with E-state index in [9.17, 15) is 29.5 Å². The van der Waals surface area contributed by atoms with E-state index in [0.29, 0.717) is 11.1 Å². The number of sulfonamides is 1. The first-order valence-electron chi connectivity index (χ1n) is 9.47. The van der Waals surface area contributed by atoms with E-state index in [1.54, 1.807) is 42.5 Å². The Hall–Kier alpha value is -4.15. The van der Waals surface area contributed by atoms with Crippen LogP contribution in [0.5, 0.6) is 0 Å². The van der Waals surface area contributed by atoms with Crippen molar-refractivity contribution >= 4 is 21.3 Å². The van der Waals surface area contributed by atoms with Crippen molar-refractivity contribution in [1.82, 2.24) is 0 Å². The summed E-state index contributed by atoms with van der Waals surface area (Å²) in [5.41, 5.74) is -3.56. The van der Waals surface area contributed by atoms with Gasteiger partial charge in [0, 0.05) is 12.7 Å². The summed E-state index contributed by atoms with van der Waals surface area (Å²) in [5, 5.41) is 40.6. The summed E-state index contributed by atoms with van der Waals surface area (Å²) in [6.45, 7) is 0. The Balaban J connectivity index is 2.14. The monoisotopic (exact) mass is 441 g/mol. The lowest BCUT2D eigenvalue weighted by atomic mass is 9.55. The summed E-state index contributed by atoms with van der Waals surface area (Å²) in [5.74, 6) is 0. The molecular formula is C23H15N5O3S. The van der Waals surface area contributed by atoms with E-state index < -0.39 is 33.0 Å². The van der Waals surface area contributed by atoms with Crippen LogP contribution >= 0.6 is 0 Å². The van der Waals surface area contributed by atoms with Crippen molar-refractivity contribution in [2.45, 2.75) is 17.0 Å². The fourth-order valence-corrected chi connectivity index (χ4v) is 6.21. The van der Waals surface area contributed by atoms with Gasteiger partial charge in [0.25, 0.3) is 10.0 Å². The first-order chi connectivity index (χ1) is 15.4. The molecule has 2 aromatic rings. The van der Waals surface area contributed by atoms with Crippen LogP contribution in [0.3, 0.4) is 0 Å². The van der Waals surface area contributed by atoms with Gasteiger partial charge >= 0.3 is 0 Å². The molecule has 156 valence electrons. The second-order valence-corrected chi connectivity index (χ2v) is 9.19. The Morgan fingerprint density at radius 2 is 1.44 bits per heavy atom. The molecule has 1 aliphatic carbocycles. The molecule has 0 amide bonds. The van der Waals surface area contributed by atoms with E-state index in [1.807, 2.05) is 24.3 Å². The highest BCUT2D eigenvalue weighted by Gasteiger charge is 2.70. The normalized spacial score (nSPS) is 22.2. The minimum Gasteiger partial charge on any atom is -0.374 e. The van der Waals surface area contributed by atoms with Crippen molar-refractivity contribution in [3.8, 4) is 24.3 Å². The molecule has 8 nitrogen and oxygen atoms in total. The summed E-state index contributed by atoms with van der Waals surface area (Å²) in [6.07, 6.45) is 0.249. The van der Waals surface area contributed by atoms with Crippen LogP contribution < -0.4 is 4.31 Å². The van der Waals surface area contributed by atoms with Crippen LogP contribution in [0, 0.1) is 56.2 Å². The van der Waals surface area contributed by atoms with Gasteiger partial charge in [0.2, 0.25) is 10.8 Å². The van der Waals surface area contributed by atoms with Gasteiger partial charge in [0.1, 0.15) is 12.1 Å². The number of nitrogens with zero attached hydrogens (tertiary/aromatic N) is 5. The topological polar surface area (TPSA) is 142 Å². The van der Waals surface area contributed by atoms with Crippen molar-refractivity contribution < 1.29 is 13.2 Å². The number of hydrogen-bond acceptors (Lipinski definition) is 7. The number of nitriles is 4. The van der Waals surface area contributed by atoms with Gasteiger partial charge in [-0.25, -0.2) is 8.42 Å². The van der Waals surface area contributed by atoms with E-state index in [0.717, 1.165) is 4.31 Å². The summed E-state index contributed by atoms with van der Waals surface area (Å²) in [7, 11) is -3.01. The molecule has 1 heterocycles. The molecule has 0 radical (unpaired) electrons. The Kier molecular flexibility index (Phi) is 4.76. The Labute approximate surface area is 185 Å². The average Bonchev–Trinajstić information content (AvgIpc) is 3.18. The highest BCUT2D eigenvalue weighted by atomic mass is 32.2.